The molecule has 108 valence electrons. The van der Waals surface area contributed by atoms with Gasteiger partial charge in [-0.05, 0) is 30.3 Å². The van der Waals surface area contributed by atoms with Crippen molar-refractivity contribution in [2.24, 2.45) is 5.73 Å². The van der Waals surface area contributed by atoms with Crippen molar-refractivity contribution in [3.05, 3.63) is 59.9 Å². The number of amides is 1. The van der Waals surface area contributed by atoms with E-state index in [1.54, 1.807) is 30.3 Å². The maximum atomic E-state index is 13.8. The molecule has 21 heavy (non-hydrogen) atoms. The summed E-state index contributed by atoms with van der Waals surface area (Å²) < 4.78 is 19.0. The normalized spacial score (nSPS) is 9.95. The van der Waals surface area contributed by atoms with Gasteiger partial charge in [0, 0.05) is 5.56 Å². The van der Waals surface area contributed by atoms with Gasteiger partial charge in [-0.3, -0.25) is 4.79 Å². The summed E-state index contributed by atoms with van der Waals surface area (Å²) in [7, 11) is 0. The molecule has 4 nitrogen and oxygen atoms in total. The van der Waals surface area contributed by atoms with Crippen LogP contribution in [0.3, 0.4) is 0 Å². The molecule has 0 aliphatic heterocycles. The molecule has 0 aromatic heterocycles. The number of hydrogen-bond donors (Lipinski definition) is 2. The van der Waals surface area contributed by atoms with Crippen molar-refractivity contribution in [2.75, 3.05) is 11.9 Å². The third-order valence-electron chi connectivity index (χ3n) is 2.64. The van der Waals surface area contributed by atoms with Crippen LogP contribution in [0.5, 0.6) is 5.75 Å². The maximum Gasteiger partial charge on any atom is 0.262 e. The largest absolute Gasteiger partial charge is 0.484 e. The number of para-hydroxylation sites is 1. The number of halogens is 1. The van der Waals surface area contributed by atoms with Crippen molar-refractivity contribution < 1.29 is 13.9 Å². The standard InChI is InChI=1S/C15H13FN2O2S/c16-12-8-10(15(17)21)6-7-13(12)18-14(19)9-20-11-4-2-1-3-5-11/h1-8H,9H2,(H2,17,21)(H,18,19). The third-order valence-corrected chi connectivity index (χ3v) is 2.88. The highest BCUT2D eigenvalue weighted by Gasteiger charge is 2.09. The van der Waals surface area contributed by atoms with Gasteiger partial charge in [0.1, 0.15) is 16.6 Å². The van der Waals surface area contributed by atoms with E-state index in [-0.39, 0.29) is 17.3 Å². The molecule has 0 fully saturated rings. The van der Waals surface area contributed by atoms with Crippen molar-refractivity contribution in [1.29, 1.82) is 0 Å². The molecule has 0 saturated carbocycles. The van der Waals surface area contributed by atoms with E-state index in [0.717, 1.165) is 0 Å². The quantitative estimate of drug-likeness (QED) is 0.833. The first kappa shape index (κ1) is 14.9. The third kappa shape index (κ3) is 4.25. The topological polar surface area (TPSA) is 64.3 Å². The van der Waals surface area contributed by atoms with Crippen LogP contribution in [-0.4, -0.2) is 17.5 Å². The van der Waals surface area contributed by atoms with Crippen molar-refractivity contribution in [3.8, 4) is 5.75 Å². The van der Waals surface area contributed by atoms with Crippen LogP contribution in [0.15, 0.2) is 48.5 Å². The molecule has 0 bridgehead atoms. The summed E-state index contributed by atoms with van der Waals surface area (Å²) in [5.41, 5.74) is 5.86. The second kappa shape index (κ2) is 6.81. The molecule has 0 heterocycles. The Morgan fingerprint density at radius 2 is 1.95 bits per heavy atom. The molecule has 0 aliphatic rings. The first-order valence-electron chi connectivity index (χ1n) is 6.13. The van der Waals surface area contributed by atoms with E-state index < -0.39 is 11.7 Å². The van der Waals surface area contributed by atoms with Crippen molar-refractivity contribution in [3.63, 3.8) is 0 Å². The highest BCUT2D eigenvalue weighted by atomic mass is 32.1. The highest BCUT2D eigenvalue weighted by molar-refractivity contribution is 7.80. The SMILES string of the molecule is NC(=S)c1ccc(NC(=O)COc2ccccc2)c(F)c1. The first-order chi connectivity index (χ1) is 10.1. The Labute approximate surface area is 126 Å². The fourth-order valence-corrected chi connectivity index (χ4v) is 1.75. The number of nitrogens with one attached hydrogen (secondary N) is 1. The fraction of sp³-hybridized carbons (Fsp3) is 0.0667. The molecule has 2 aromatic rings. The molecular formula is C15H13FN2O2S. The zero-order valence-corrected chi connectivity index (χ0v) is 11.8. The van der Waals surface area contributed by atoms with E-state index in [1.807, 2.05) is 6.07 Å². The molecule has 6 heteroatoms. The molecule has 0 saturated heterocycles. The zero-order valence-electron chi connectivity index (χ0n) is 11.0. The molecule has 0 aliphatic carbocycles. The lowest BCUT2D eigenvalue weighted by Gasteiger charge is -2.09. The van der Waals surface area contributed by atoms with Gasteiger partial charge in [0.05, 0.1) is 5.69 Å². The van der Waals surface area contributed by atoms with Gasteiger partial charge in [0.15, 0.2) is 6.61 Å². The van der Waals surface area contributed by atoms with E-state index >= 15 is 0 Å². The number of carbonyl (C=O) groups excluding carboxylic acids is 1. The number of hydrogen-bond acceptors (Lipinski definition) is 3. The highest BCUT2D eigenvalue weighted by Crippen LogP contribution is 2.16. The summed E-state index contributed by atoms with van der Waals surface area (Å²) in [6.07, 6.45) is 0. The van der Waals surface area contributed by atoms with Gasteiger partial charge in [-0.2, -0.15) is 0 Å². The Hall–Kier alpha value is -2.47. The summed E-state index contributed by atoms with van der Waals surface area (Å²) in [4.78, 5) is 11.8. The van der Waals surface area contributed by atoms with Crippen LogP contribution < -0.4 is 15.8 Å². The average Bonchev–Trinajstić information content (AvgIpc) is 2.48. The van der Waals surface area contributed by atoms with Crippen LogP contribution in [0, 0.1) is 5.82 Å². The van der Waals surface area contributed by atoms with Crippen LogP contribution in [-0.2, 0) is 4.79 Å². The summed E-state index contributed by atoms with van der Waals surface area (Å²) >= 11 is 4.75. The predicted octanol–water partition coefficient (Wildman–Crippen LogP) is 2.48. The van der Waals surface area contributed by atoms with Crippen molar-refractivity contribution in [2.45, 2.75) is 0 Å². The molecule has 0 atom stereocenters. The second-order valence-electron chi connectivity index (χ2n) is 4.21. The van der Waals surface area contributed by atoms with Gasteiger partial charge < -0.3 is 15.8 Å². The number of nitrogens with two attached hydrogens (primary N) is 1. The van der Waals surface area contributed by atoms with Gasteiger partial charge >= 0.3 is 0 Å². The summed E-state index contributed by atoms with van der Waals surface area (Å²) in [6.45, 7) is -0.208. The van der Waals surface area contributed by atoms with Crippen LogP contribution in [0.4, 0.5) is 10.1 Å². The van der Waals surface area contributed by atoms with E-state index in [4.69, 9.17) is 22.7 Å². The van der Waals surface area contributed by atoms with Gasteiger partial charge in [0.2, 0.25) is 0 Å². The van der Waals surface area contributed by atoms with Gasteiger partial charge in [0.25, 0.3) is 5.91 Å². The smallest absolute Gasteiger partial charge is 0.262 e. The lowest BCUT2D eigenvalue weighted by atomic mass is 10.2. The lowest BCUT2D eigenvalue weighted by Crippen LogP contribution is -2.21. The van der Waals surface area contributed by atoms with Crippen molar-refractivity contribution in [1.82, 2.24) is 0 Å². The van der Waals surface area contributed by atoms with Crippen LogP contribution in [0.25, 0.3) is 0 Å². The minimum atomic E-state index is -0.603. The van der Waals surface area contributed by atoms with Crippen LogP contribution in [0.2, 0.25) is 0 Å². The number of rotatable bonds is 5. The van der Waals surface area contributed by atoms with E-state index in [0.29, 0.717) is 11.3 Å². The Morgan fingerprint density at radius 1 is 1.24 bits per heavy atom. The Kier molecular flexibility index (Phi) is 4.84. The number of benzene rings is 2. The number of carbonyl (C=O) groups is 1. The Balaban J connectivity index is 1.95. The van der Waals surface area contributed by atoms with E-state index in [2.05, 4.69) is 5.32 Å². The average molecular weight is 304 g/mol. The molecule has 0 unspecified atom stereocenters. The second-order valence-corrected chi connectivity index (χ2v) is 4.65. The summed E-state index contributed by atoms with van der Waals surface area (Å²) in [5.74, 6) is -0.494. The predicted molar refractivity (Wildman–Crippen MR) is 82.9 cm³/mol. The monoisotopic (exact) mass is 304 g/mol. The molecule has 1 amide bonds. The molecule has 0 radical (unpaired) electrons. The minimum Gasteiger partial charge on any atom is -0.484 e. The molecule has 2 rings (SSSR count). The molecule has 2 aromatic carbocycles. The maximum absolute atomic E-state index is 13.8. The summed E-state index contributed by atoms with van der Waals surface area (Å²) in [6, 6.07) is 13.0. The molecule has 0 spiro atoms. The van der Waals surface area contributed by atoms with Gasteiger partial charge in [-0.25, -0.2) is 4.39 Å². The number of anilines is 1. The number of ether oxygens (including phenoxy) is 1. The minimum absolute atomic E-state index is 0.0525. The molecule has 3 N–H and O–H groups in total. The van der Waals surface area contributed by atoms with Crippen molar-refractivity contribution >= 4 is 28.8 Å². The fourth-order valence-electron chi connectivity index (χ4n) is 1.62. The lowest BCUT2D eigenvalue weighted by molar-refractivity contribution is -0.118. The zero-order chi connectivity index (χ0) is 15.2. The van der Waals surface area contributed by atoms with Gasteiger partial charge in [-0.1, -0.05) is 30.4 Å². The number of thiocarbonyl (C=S) groups is 1. The summed E-state index contributed by atoms with van der Waals surface area (Å²) in [5, 5.41) is 2.42. The van der Waals surface area contributed by atoms with Gasteiger partial charge in [-0.15, -0.1) is 0 Å². The van der Waals surface area contributed by atoms with Crippen LogP contribution in [0.1, 0.15) is 5.56 Å². The Bertz CT molecular complexity index is 662. The van der Waals surface area contributed by atoms with E-state index in [1.165, 1.54) is 12.1 Å². The molecular weight excluding hydrogens is 291 g/mol. The van der Waals surface area contributed by atoms with Crippen LogP contribution >= 0.6 is 12.2 Å². The Morgan fingerprint density at radius 3 is 2.57 bits per heavy atom. The first-order valence-corrected chi connectivity index (χ1v) is 6.54. The van der Waals surface area contributed by atoms with E-state index in [9.17, 15) is 9.18 Å².